The molecule has 0 aliphatic rings. The van der Waals surface area contributed by atoms with Gasteiger partial charge in [0.15, 0.2) is 0 Å². The van der Waals surface area contributed by atoms with Gasteiger partial charge in [0.25, 0.3) is 11.8 Å². The van der Waals surface area contributed by atoms with Gasteiger partial charge < -0.3 is 4.42 Å². The molecule has 2 aromatic heterocycles. The standard InChI is InChI=1S/C18H17N3O3S/c1-10-4-6-13(7-5-10)18-19-15(9-25-18)17(23)21-20-16(22)14-8-11(2)24-12(14)3/h4-9H,1-3H3,(H,20,22)(H,21,23). The third-order valence-electron chi connectivity index (χ3n) is 3.61. The van der Waals surface area contributed by atoms with Gasteiger partial charge in [-0.15, -0.1) is 11.3 Å². The van der Waals surface area contributed by atoms with Gasteiger partial charge >= 0.3 is 0 Å². The highest BCUT2D eigenvalue weighted by atomic mass is 32.1. The van der Waals surface area contributed by atoms with Crippen LogP contribution < -0.4 is 10.9 Å². The highest BCUT2D eigenvalue weighted by Gasteiger charge is 2.16. The van der Waals surface area contributed by atoms with Gasteiger partial charge in [-0.3, -0.25) is 20.4 Å². The van der Waals surface area contributed by atoms with E-state index in [1.807, 2.05) is 31.2 Å². The summed E-state index contributed by atoms with van der Waals surface area (Å²) in [5, 5.41) is 2.40. The molecule has 0 aliphatic heterocycles. The Morgan fingerprint density at radius 3 is 2.36 bits per heavy atom. The number of nitrogens with one attached hydrogen (secondary N) is 2. The molecule has 2 amide bonds. The molecule has 2 heterocycles. The van der Waals surface area contributed by atoms with Crippen LogP contribution >= 0.6 is 11.3 Å². The normalized spacial score (nSPS) is 10.5. The minimum Gasteiger partial charge on any atom is -0.466 e. The van der Waals surface area contributed by atoms with Crippen molar-refractivity contribution in [2.45, 2.75) is 20.8 Å². The van der Waals surface area contributed by atoms with Gasteiger partial charge in [0.05, 0.1) is 5.56 Å². The number of rotatable bonds is 3. The predicted molar refractivity (Wildman–Crippen MR) is 95.4 cm³/mol. The van der Waals surface area contributed by atoms with Gasteiger partial charge in [0.2, 0.25) is 0 Å². The third kappa shape index (κ3) is 3.77. The van der Waals surface area contributed by atoms with Crippen molar-refractivity contribution in [2.75, 3.05) is 0 Å². The quantitative estimate of drug-likeness (QED) is 0.705. The van der Waals surface area contributed by atoms with E-state index in [1.54, 1.807) is 25.3 Å². The van der Waals surface area contributed by atoms with Crippen LogP contribution in [0.5, 0.6) is 0 Å². The van der Waals surface area contributed by atoms with Crippen molar-refractivity contribution in [3.63, 3.8) is 0 Å². The molecule has 0 radical (unpaired) electrons. The van der Waals surface area contributed by atoms with E-state index in [9.17, 15) is 9.59 Å². The molecule has 0 atom stereocenters. The van der Waals surface area contributed by atoms with Crippen molar-refractivity contribution in [1.82, 2.24) is 15.8 Å². The zero-order chi connectivity index (χ0) is 18.0. The van der Waals surface area contributed by atoms with Crippen LogP contribution in [0.25, 0.3) is 10.6 Å². The van der Waals surface area contributed by atoms with Crippen molar-refractivity contribution < 1.29 is 14.0 Å². The first kappa shape index (κ1) is 16.9. The molecule has 1 aromatic carbocycles. The van der Waals surface area contributed by atoms with Crippen LogP contribution in [0.4, 0.5) is 0 Å². The number of amides is 2. The molecular formula is C18H17N3O3S. The van der Waals surface area contributed by atoms with Gasteiger partial charge in [-0.2, -0.15) is 0 Å². The summed E-state index contributed by atoms with van der Waals surface area (Å²) in [6.45, 7) is 5.46. The molecule has 3 aromatic rings. The Labute approximate surface area is 148 Å². The van der Waals surface area contributed by atoms with Gasteiger partial charge in [-0.05, 0) is 26.8 Å². The summed E-state index contributed by atoms with van der Waals surface area (Å²) in [5.41, 5.74) is 7.49. The second kappa shape index (κ2) is 6.90. The summed E-state index contributed by atoms with van der Waals surface area (Å²) in [7, 11) is 0. The second-order valence-electron chi connectivity index (χ2n) is 5.64. The van der Waals surface area contributed by atoms with Crippen LogP contribution in [-0.2, 0) is 0 Å². The molecule has 0 fully saturated rings. The Bertz CT molecular complexity index is 925. The third-order valence-corrected chi connectivity index (χ3v) is 4.50. The monoisotopic (exact) mass is 355 g/mol. The molecule has 0 aliphatic carbocycles. The molecule has 6 nitrogen and oxygen atoms in total. The van der Waals surface area contributed by atoms with Gasteiger partial charge in [0, 0.05) is 10.9 Å². The number of aryl methyl sites for hydroxylation is 3. The number of hydrogen-bond donors (Lipinski definition) is 2. The van der Waals surface area contributed by atoms with Crippen molar-refractivity contribution in [2.24, 2.45) is 0 Å². The van der Waals surface area contributed by atoms with Crippen molar-refractivity contribution in [3.05, 3.63) is 64.1 Å². The number of hydrogen-bond acceptors (Lipinski definition) is 5. The fraction of sp³-hybridized carbons (Fsp3) is 0.167. The SMILES string of the molecule is Cc1ccc(-c2nc(C(=O)NNC(=O)c3cc(C)oc3C)cs2)cc1. The number of benzene rings is 1. The van der Waals surface area contributed by atoms with E-state index in [0.29, 0.717) is 17.1 Å². The molecule has 128 valence electrons. The number of carbonyl (C=O) groups is 2. The molecule has 0 bridgehead atoms. The fourth-order valence-electron chi connectivity index (χ4n) is 2.31. The Morgan fingerprint density at radius 1 is 1.04 bits per heavy atom. The first-order chi connectivity index (χ1) is 11.9. The number of aromatic nitrogens is 1. The van der Waals surface area contributed by atoms with Gasteiger partial charge in [-0.1, -0.05) is 29.8 Å². The zero-order valence-electron chi connectivity index (χ0n) is 14.0. The Morgan fingerprint density at radius 2 is 1.72 bits per heavy atom. The van der Waals surface area contributed by atoms with Gasteiger partial charge in [-0.25, -0.2) is 4.98 Å². The van der Waals surface area contributed by atoms with Crippen molar-refractivity contribution >= 4 is 23.2 Å². The lowest BCUT2D eigenvalue weighted by Crippen LogP contribution is -2.41. The maximum Gasteiger partial charge on any atom is 0.289 e. The first-order valence-electron chi connectivity index (χ1n) is 7.64. The Kier molecular flexibility index (Phi) is 4.67. The van der Waals surface area contributed by atoms with Crippen molar-refractivity contribution in [3.8, 4) is 10.6 Å². The Hall–Kier alpha value is -2.93. The molecule has 0 spiro atoms. The van der Waals surface area contributed by atoms with Crippen LogP contribution in [0.2, 0.25) is 0 Å². The van der Waals surface area contributed by atoms with Crippen LogP contribution in [0.3, 0.4) is 0 Å². The number of carbonyl (C=O) groups excluding carboxylic acids is 2. The fourth-order valence-corrected chi connectivity index (χ4v) is 3.11. The van der Waals surface area contributed by atoms with E-state index < -0.39 is 11.8 Å². The summed E-state index contributed by atoms with van der Waals surface area (Å²) in [6.07, 6.45) is 0. The average Bonchev–Trinajstić information content (AvgIpc) is 3.20. The van der Waals surface area contributed by atoms with E-state index in [-0.39, 0.29) is 5.69 Å². The minimum absolute atomic E-state index is 0.251. The molecular weight excluding hydrogens is 338 g/mol. The highest BCUT2D eigenvalue weighted by molar-refractivity contribution is 7.13. The lowest BCUT2D eigenvalue weighted by Gasteiger charge is -2.04. The number of hydrazine groups is 1. The smallest absolute Gasteiger partial charge is 0.289 e. The molecule has 7 heteroatoms. The van der Waals surface area contributed by atoms with E-state index in [0.717, 1.165) is 16.1 Å². The summed E-state index contributed by atoms with van der Waals surface area (Å²) >= 11 is 1.37. The summed E-state index contributed by atoms with van der Waals surface area (Å²) in [5.74, 6) is 0.230. The number of thiazole rings is 1. The van der Waals surface area contributed by atoms with E-state index >= 15 is 0 Å². The molecule has 0 saturated heterocycles. The first-order valence-corrected chi connectivity index (χ1v) is 8.52. The molecule has 2 N–H and O–H groups in total. The maximum atomic E-state index is 12.2. The van der Waals surface area contributed by atoms with E-state index in [1.165, 1.54) is 11.3 Å². The number of nitrogens with zero attached hydrogens (tertiary/aromatic N) is 1. The van der Waals surface area contributed by atoms with Crippen LogP contribution in [0.1, 0.15) is 37.9 Å². The topological polar surface area (TPSA) is 84.2 Å². The molecule has 25 heavy (non-hydrogen) atoms. The minimum atomic E-state index is -0.471. The van der Waals surface area contributed by atoms with Crippen LogP contribution in [-0.4, -0.2) is 16.8 Å². The van der Waals surface area contributed by atoms with Crippen molar-refractivity contribution in [1.29, 1.82) is 0 Å². The lowest BCUT2D eigenvalue weighted by molar-refractivity contribution is 0.0843. The summed E-state index contributed by atoms with van der Waals surface area (Å²) < 4.78 is 5.30. The summed E-state index contributed by atoms with van der Waals surface area (Å²) in [4.78, 5) is 28.6. The largest absolute Gasteiger partial charge is 0.466 e. The van der Waals surface area contributed by atoms with E-state index in [2.05, 4.69) is 15.8 Å². The number of furan rings is 1. The van der Waals surface area contributed by atoms with Crippen LogP contribution in [0, 0.1) is 20.8 Å². The summed E-state index contributed by atoms with van der Waals surface area (Å²) in [6, 6.07) is 9.52. The Balaban J connectivity index is 1.65. The maximum absolute atomic E-state index is 12.2. The van der Waals surface area contributed by atoms with Crippen LogP contribution in [0.15, 0.2) is 40.1 Å². The van der Waals surface area contributed by atoms with Gasteiger partial charge in [0.1, 0.15) is 22.2 Å². The predicted octanol–water partition coefficient (Wildman–Crippen LogP) is 3.40. The zero-order valence-corrected chi connectivity index (χ0v) is 14.9. The molecule has 3 rings (SSSR count). The average molecular weight is 355 g/mol. The molecule has 0 unspecified atom stereocenters. The highest BCUT2D eigenvalue weighted by Crippen LogP contribution is 2.23. The lowest BCUT2D eigenvalue weighted by atomic mass is 10.2. The van der Waals surface area contributed by atoms with E-state index in [4.69, 9.17) is 4.42 Å². The molecule has 0 saturated carbocycles. The second-order valence-corrected chi connectivity index (χ2v) is 6.50.